The van der Waals surface area contributed by atoms with Crippen molar-refractivity contribution in [2.24, 2.45) is 11.1 Å². The number of carbonyl (C=O) groups excluding carboxylic acids is 1. The first kappa shape index (κ1) is 14.9. The molecule has 110 valence electrons. The van der Waals surface area contributed by atoms with E-state index in [-0.39, 0.29) is 5.91 Å². The van der Waals surface area contributed by atoms with Gasteiger partial charge in [-0.1, -0.05) is 18.2 Å². The molecular weight excluding hydrogens is 252 g/mol. The number of nitrogens with zero attached hydrogens (tertiary/aromatic N) is 1. The molecule has 1 aliphatic rings. The van der Waals surface area contributed by atoms with Crippen molar-refractivity contribution in [1.29, 1.82) is 0 Å². The molecule has 4 nitrogen and oxygen atoms in total. The maximum absolute atomic E-state index is 12.8. The van der Waals surface area contributed by atoms with Crippen molar-refractivity contribution >= 4 is 5.91 Å². The lowest BCUT2D eigenvalue weighted by Gasteiger charge is -2.40. The third-order valence-electron chi connectivity index (χ3n) is 4.39. The minimum atomic E-state index is -0.619. The first-order chi connectivity index (χ1) is 9.23. The van der Waals surface area contributed by atoms with Gasteiger partial charge in [0.05, 0.1) is 12.0 Å². The first-order valence-corrected chi connectivity index (χ1v) is 7.02. The normalized spacial score (nSPS) is 16.1. The summed E-state index contributed by atoms with van der Waals surface area (Å²) in [4.78, 5) is 14.7. The molecule has 0 fully saturated rings. The lowest BCUT2D eigenvalue weighted by Crippen LogP contribution is -2.56. The van der Waals surface area contributed by atoms with Crippen LogP contribution in [0.2, 0.25) is 0 Å². The highest BCUT2D eigenvalue weighted by molar-refractivity contribution is 5.83. The third kappa shape index (κ3) is 2.66. The second-order valence-electron chi connectivity index (χ2n) is 6.53. The summed E-state index contributed by atoms with van der Waals surface area (Å²) in [6.45, 7) is 9.30. The number of nitrogens with two attached hydrogens (primary N) is 1. The van der Waals surface area contributed by atoms with Gasteiger partial charge in [-0.25, -0.2) is 0 Å². The standard InChI is InChI=1S/C16H24N2O2/c1-15(2,16(3,4)17)14(19)18-9-10-20-13-8-6-5-7-12(13)11-18/h5-8H,9-11,17H2,1-4H3. The smallest absolute Gasteiger partial charge is 0.230 e. The quantitative estimate of drug-likeness (QED) is 0.900. The van der Waals surface area contributed by atoms with E-state index in [0.717, 1.165) is 11.3 Å². The number of hydrogen-bond acceptors (Lipinski definition) is 3. The van der Waals surface area contributed by atoms with Crippen LogP contribution in [0, 0.1) is 5.41 Å². The zero-order chi connectivity index (χ0) is 15.0. The number of rotatable bonds is 2. The van der Waals surface area contributed by atoms with Gasteiger partial charge in [-0.05, 0) is 33.8 Å². The molecule has 2 N–H and O–H groups in total. The topological polar surface area (TPSA) is 55.6 Å². The highest BCUT2D eigenvalue weighted by atomic mass is 16.5. The Morgan fingerprint density at radius 2 is 1.90 bits per heavy atom. The molecule has 1 heterocycles. The van der Waals surface area contributed by atoms with Crippen LogP contribution in [0.3, 0.4) is 0 Å². The van der Waals surface area contributed by atoms with Crippen molar-refractivity contribution in [3.05, 3.63) is 29.8 Å². The fraction of sp³-hybridized carbons (Fsp3) is 0.562. The number of amides is 1. The molecule has 0 saturated carbocycles. The Morgan fingerprint density at radius 1 is 1.25 bits per heavy atom. The van der Waals surface area contributed by atoms with Crippen LogP contribution in [-0.2, 0) is 11.3 Å². The van der Waals surface area contributed by atoms with Gasteiger partial charge in [-0.3, -0.25) is 4.79 Å². The van der Waals surface area contributed by atoms with Crippen LogP contribution in [0.5, 0.6) is 5.75 Å². The minimum absolute atomic E-state index is 0.0744. The van der Waals surface area contributed by atoms with Gasteiger partial charge < -0.3 is 15.4 Å². The maximum atomic E-state index is 12.8. The molecule has 0 radical (unpaired) electrons. The summed E-state index contributed by atoms with van der Waals surface area (Å²) >= 11 is 0. The average Bonchev–Trinajstić information content (AvgIpc) is 2.58. The summed E-state index contributed by atoms with van der Waals surface area (Å²) < 4.78 is 5.70. The van der Waals surface area contributed by atoms with E-state index < -0.39 is 11.0 Å². The van der Waals surface area contributed by atoms with Crippen molar-refractivity contribution in [3.8, 4) is 5.75 Å². The molecule has 1 aromatic carbocycles. The van der Waals surface area contributed by atoms with Gasteiger partial charge in [0, 0.05) is 17.6 Å². The fourth-order valence-electron chi connectivity index (χ4n) is 2.17. The molecule has 0 aliphatic carbocycles. The van der Waals surface area contributed by atoms with Crippen molar-refractivity contribution in [1.82, 2.24) is 4.90 Å². The van der Waals surface area contributed by atoms with Crippen LogP contribution in [-0.4, -0.2) is 29.5 Å². The number of para-hydroxylation sites is 1. The van der Waals surface area contributed by atoms with Gasteiger partial charge in [0.2, 0.25) is 5.91 Å². The van der Waals surface area contributed by atoms with Gasteiger partial charge in [-0.2, -0.15) is 0 Å². The Balaban J connectivity index is 2.24. The SMILES string of the molecule is CC(C)(N)C(C)(C)C(=O)N1CCOc2ccccc2C1. The van der Waals surface area contributed by atoms with Crippen LogP contribution in [0.15, 0.2) is 24.3 Å². The van der Waals surface area contributed by atoms with E-state index in [1.807, 2.05) is 56.9 Å². The summed E-state index contributed by atoms with van der Waals surface area (Å²) in [7, 11) is 0. The Kier molecular flexibility index (Phi) is 3.78. The number of ether oxygens (including phenoxy) is 1. The predicted octanol–water partition coefficient (Wildman–Crippen LogP) is 2.17. The number of benzene rings is 1. The molecule has 1 amide bonds. The van der Waals surface area contributed by atoms with Crippen LogP contribution in [0.1, 0.15) is 33.3 Å². The second-order valence-corrected chi connectivity index (χ2v) is 6.53. The molecule has 2 rings (SSSR count). The molecular formula is C16H24N2O2. The zero-order valence-corrected chi connectivity index (χ0v) is 12.8. The number of carbonyl (C=O) groups is 1. The molecule has 0 atom stereocenters. The molecule has 0 saturated heterocycles. The fourth-order valence-corrected chi connectivity index (χ4v) is 2.17. The lowest BCUT2D eigenvalue weighted by molar-refractivity contribution is -0.144. The van der Waals surface area contributed by atoms with E-state index >= 15 is 0 Å². The molecule has 0 unspecified atom stereocenters. The largest absolute Gasteiger partial charge is 0.491 e. The molecule has 1 aromatic rings. The van der Waals surface area contributed by atoms with E-state index in [1.165, 1.54) is 0 Å². The first-order valence-electron chi connectivity index (χ1n) is 7.02. The Labute approximate surface area is 120 Å². The van der Waals surface area contributed by atoms with Crippen molar-refractivity contribution in [2.45, 2.75) is 39.8 Å². The second kappa shape index (κ2) is 5.09. The van der Waals surface area contributed by atoms with Crippen LogP contribution >= 0.6 is 0 Å². The van der Waals surface area contributed by atoms with E-state index in [1.54, 1.807) is 0 Å². The van der Waals surface area contributed by atoms with Gasteiger partial charge in [0.15, 0.2) is 0 Å². The number of hydrogen-bond donors (Lipinski definition) is 1. The highest BCUT2D eigenvalue weighted by Crippen LogP contribution is 2.32. The van der Waals surface area contributed by atoms with E-state index in [4.69, 9.17) is 10.5 Å². The van der Waals surface area contributed by atoms with Crippen LogP contribution < -0.4 is 10.5 Å². The van der Waals surface area contributed by atoms with Gasteiger partial charge in [0.25, 0.3) is 0 Å². The minimum Gasteiger partial charge on any atom is -0.491 e. The van der Waals surface area contributed by atoms with Crippen LogP contribution in [0.25, 0.3) is 0 Å². The summed E-state index contributed by atoms with van der Waals surface area (Å²) in [5, 5.41) is 0. The molecule has 0 spiro atoms. The maximum Gasteiger partial charge on any atom is 0.230 e. The molecule has 20 heavy (non-hydrogen) atoms. The summed E-state index contributed by atoms with van der Waals surface area (Å²) in [6, 6.07) is 7.86. The molecule has 0 aromatic heterocycles. The predicted molar refractivity (Wildman–Crippen MR) is 79.4 cm³/mol. The zero-order valence-electron chi connectivity index (χ0n) is 12.8. The van der Waals surface area contributed by atoms with Crippen molar-refractivity contribution in [2.75, 3.05) is 13.2 Å². The molecule has 1 aliphatic heterocycles. The molecule has 4 heteroatoms. The van der Waals surface area contributed by atoms with E-state index in [2.05, 4.69) is 0 Å². The highest BCUT2D eigenvalue weighted by Gasteiger charge is 2.43. The number of fused-ring (bicyclic) bond motifs is 1. The third-order valence-corrected chi connectivity index (χ3v) is 4.39. The Hall–Kier alpha value is -1.55. The van der Waals surface area contributed by atoms with Gasteiger partial charge >= 0.3 is 0 Å². The summed E-state index contributed by atoms with van der Waals surface area (Å²) in [6.07, 6.45) is 0. The van der Waals surface area contributed by atoms with Crippen molar-refractivity contribution in [3.63, 3.8) is 0 Å². The van der Waals surface area contributed by atoms with E-state index in [0.29, 0.717) is 19.7 Å². The van der Waals surface area contributed by atoms with Crippen molar-refractivity contribution < 1.29 is 9.53 Å². The monoisotopic (exact) mass is 276 g/mol. The van der Waals surface area contributed by atoms with Gasteiger partial charge in [0.1, 0.15) is 12.4 Å². The average molecular weight is 276 g/mol. The van der Waals surface area contributed by atoms with Crippen LogP contribution in [0.4, 0.5) is 0 Å². The van der Waals surface area contributed by atoms with E-state index in [9.17, 15) is 4.79 Å². The molecule has 0 bridgehead atoms. The lowest BCUT2D eigenvalue weighted by atomic mass is 9.74. The summed E-state index contributed by atoms with van der Waals surface area (Å²) in [5.41, 5.74) is 6.03. The Bertz CT molecular complexity index is 503. The Morgan fingerprint density at radius 3 is 2.55 bits per heavy atom. The van der Waals surface area contributed by atoms with Gasteiger partial charge in [-0.15, -0.1) is 0 Å². The summed E-state index contributed by atoms with van der Waals surface area (Å²) in [5.74, 6) is 0.943.